The van der Waals surface area contributed by atoms with E-state index in [4.69, 9.17) is 21.1 Å². The van der Waals surface area contributed by atoms with E-state index in [1.165, 1.54) is 34.9 Å². The first-order valence-electron chi connectivity index (χ1n) is 11.8. The Labute approximate surface area is 225 Å². The van der Waals surface area contributed by atoms with E-state index in [9.17, 15) is 13.2 Å². The molecule has 0 radical (unpaired) electrons. The van der Waals surface area contributed by atoms with Gasteiger partial charge in [0.25, 0.3) is 0 Å². The largest absolute Gasteiger partial charge is 0.495 e. The number of anilines is 2. The smallest absolute Gasteiger partial charge is 0.243 e. The molecule has 4 rings (SSSR count). The molecule has 0 unspecified atom stereocenters. The van der Waals surface area contributed by atoms with Crippen LogP contribution in [-0.4, -0.2) is 57.5 Å². The zero-order chi connectivity index (χ0) is 26.6. The molecule has 1 aliphatic heterocycles. The fraction of sp³-hybridized carbons (Fsp3) is 0.360. The number of ether oxygens (including phenoxy) is 2. The van der Waals surface area contributed by atoms with Crippen molar-refractivity contribution < 1.29 is 22.7 Å². The summed E-state index contributed by atoms with van der Waals surface area (Å²) in [6, 6.07) is 9.87. The molecular weight excluding hydrogens is 536 g/mol. The van der Waals surface area contributed by atoms with E-state index in [1.54, 1.807) is 19.2 Å². The lowest BCUT2D eigenvalue weighted by molar-refractivity contribution is -0.120. The Morgan fingerprint density at radius 3 is 2.70 bits per heavy atom. The summed E-state index contributed by atoms with van der Waals surface area (Å²) in [5, 5.41) is 8.89. The average molecular weight is 565 g/mol. The van der Waals surface area contributed by atoms with E-state index < -0.39 is 15.9 Å². The Morgan fingerprint density at radius 2 is 2.03 bits per heavy atom. The van der Waals surface area contributed by atoms with E-state index in [0.717, 1.165) is 16.4 Å². The number of nitrogens with zero attached hydrogens (tertiary/aromatic N) is 2. The van der Waals surface area contributed by atoms with E-state index in [-0.39, 0.29) is 22.4 Å². The molecule has 1 aromatic heterocycles. The van der Waals surface area contributed by atoms with Gasteiger partial charge in [-0.1, -0.05) is 11.6 Å². The van der Waals surface area contributed by atoms with Crippen molar-refractivity contribution in [2.45, 2.75) is 24.7 Å². The molecular formula is C25H29ClN4O5S2. The van der Waals surface area contributed by atoms with Gasteiger partial charge >= 0.3 is 0 Å². The molecule has 3 aromatic rings. The third-order valence-electron chi connectivity index (χ3n) is 6.07. The molecule has 2 heterocycles. The summed E-state index contributed by atoms with van der Waals surface area (Å²) >= 11 is 7.71. The van der Waals surface area contributed by atoms with Gasteiger partial charge in [-0.05, 0) is 56.2 Å². The van der Waals surface area contributed by atoms with Crippen LogP contribution in [0.15, 0.2) is 46.7 Å². The molecule has 1 atom stereocenters. The Bertz CT molecular complexity index is 1380. The van der Waals surface area contributed by atoms with Crippen molar-refractivity contribution in [3.63, 3.8) is 0 Å². The van der Waals surface area contributed by atoms with Crippen LogP contribution in [0, 0.1) is 5.92 Å². The molecule has 198 valence electrons. The Balaban J connectivity index is 1.51. The van der Waals surface area contributed by atoms with Crippen molar-refractivity contribution in [2.75, 3.05) is 44.5 Å². The Hall–Kier alpha value is -2.86. The highest BCUT2D eigenvalue weighted by Crippen LogP contribution is 2.34. The van der Waals surface area contributed by atoms with Crippen molar-refractivity contribution in [3.8, 4) is 22.8 Å². The highest BCUT2D eigenvalue weighted by atomic mass is 35.5. The molecule has 1 aliphatic rings. The van der Waals surface area contributed by atoms with Crippen LogP contribution in [0.1, 0.15) is 19.8 Å². The summed E-state index contributed by atoms with van der Waals surface area (Å²) < 4.78 is 38.9. The number of benzene rings is 2. The summed E-state index contributed by atoms with van der Waals surface area (Å²) in [5.74, 6) is 0.139. The number of sulfonamides is 1. The summed E-state index contributed by atoms with van der Waals surface area (Å²) in [6.07, 6.45) is 1.13. The van der Waals surface area contributed by atoms with Crippen molar-refractivity contribution in [1.82, 2.24) is 9.29 Å². The minimum atomic E-state index is -3.84. The Morgan fingerprint density at radius 1 is 1.24 bits per heavy atom. The third kappa shape index (κ3) is 6.01. The Kier molecular flexibility index (Phi) is 8.58. The zero-order valence-corrected chi connectivity index (χ0v) is 23.2. The minimum Gasteiger partial charge on any atom is -0.495 e. The maximum atomic E-state index is 13.3. The summed E-state index contributed by atoms with van der Waals surface area (Å²) in [7, 11) is -0.499. The normalized spacial score (nSPS) is 16.3. The van der Waals surface area contributed by atoms with Gasteiger partial charge in [-0.15, -0.1) is 11.3 Å². The number of hydrogen-bond acceptors (Lipinski definition) is 8. The molecule has 0 aliphatic carbocycles. The number of carbonyl (C=O) groups excluding carboxylic acids is 1. The molecule has 1 saturated heterocycles. The molecule has 12 heteroatoms. The number of hydrogen-bond donors (Lipinski definition) is 2. The minimum absolute atomic E-state index is 0.0681. The molecule has 2 N–H and O–H groups in total. The maximum absolute atomic E-state index is 13.3. The summed E-state index contributed by atoms with van der Waals surface area (Å²) in [6.45, 7) is 2.64. The van der Waals surface area contributed by atoms with E-state index in [0.29, 0.717) is 43.2 Å². The van der Waals surface area contributed by atoms with E-state index in [2.05, 4.69) is 15.6 Å². The number of halogens is 1. The second kappa shape index (κ2) is 11.7. The number of amides is 1. The first-order chi connectivity index (χ1) is 17.8. The van der Waals surface area contributed by atoms with Crippen LogP contribution in [0.2, 0.25) is 5.02 Å². The van der Waals surface area contributed by atoms with Gasteiger partial charge in [0.15, 0.2) is 5.13 Å². The molecule has 0 bridgehead atoms. The summed E-state index contributed by atoms with van der Waals surface area (Å²) in [4.78, 5) is 17.8. The van der Waals surface area contributed by atoms with Gasteiger partial charge in [-0.2, -0.15) is 4.31 Å². The van der Waals surface area contributed by atoms with Gasteiger partial charge in [-0.25, -0.2) is 13.4 Å². The predicted molar refractivity (Wildman–Crippen MR) is 146 cm³/mol. The second-order valence-corrected chi connectivity index (χ2v) is 11.6. The molecule has 9 nitrogen and oxygen atoms in total. The number of piperidine rings is 1. The van der Waals surface area contributed by atoms with E-state index in [1.807, 2.05) is 24.4 Å². The average Bonchev–Trinajstić information content (AvgIpc) is 3.39. The number of carbonyl (C=O) groups is 1. The number of thiazole rings is 1. The van der Waals surface area contributed by atoms with Crippen molar-refractivity contribution >= 4 is 49.7 Å². The predicted octanol–water partition coefficient (Wildman–Crippen LogP) is 4.95. The monoisotopic (exact) mass is 564 g/mol. The topological polar surface area (TPSA) is 110 Å². The first kappa shape index (κ1) is 27.2. The SMILES string of the molecule is CCOc1ccc(S(=O)(=O)N2CCC[C@@H](C(=O)Nc3cc(-c4csc(NC)n4)ccc3OC)C2)cc1Cl. The second-order valence-electron chi connectivity index (χ2n) is 8.42. The van der Waals surface area contributed by atoms with Gasteiger partial charge < -0.3 is 20.1 Å². The van der Waals surface area contributed by atoms with E-state index >= 15 is 0 Å². The van der Waals surface area contributed by atoms with Crippen LogP contribution < -0.4 is 20.1 Å². The van der Waals surface area contributed by atoms with Crippen molar-refractivity contribution in [3.05, 3.63) is 46.8 Å². The molecule has 1 fully saturated rings. The van der Waals surface area contributed by atoms with Crippen LogP contribution in [0.4, 0.5) is 10.8 Å². The highest BCUT2D eigenvalue weighted by Gasteiger charge is 2.34. The van der Waals surface area contributed by atoms with Gasteiger partial charge in [0.05, 0.1) is 40.9 Å². The van der Waals surface area contributed by atoms with Crippen LogP contribution >= 0.6 is 22.9 Å². The van der Waals surface area contributed by atoms with Crippen LogP contribution in [0.5, 0.6) is 11.5 Å². The molecule has 37 heavy (non-hydrogen) atoms. The van der Waals surface area contributed by atoms with Crippen LogP contribution in [-0.2, 0) is 14.8 Å². The maximum Gasteiger partial charge on any atom is 0.243 e. The number of aromatic nitrogens is 1. The number of methoxy groups -OCH3 is 1. The standard InChI is InChI=1S/C25H29ClN4O5S2/c1-4-35-22-10-8-18(13-19(22)26)37(32,33)30-11-5-6-17(14-30)24(31)28-20-12-16(7-9-23(20)34-3)21-15-36-25(27-2)29-21/h7-10,12-13,15,17H,4-6,11,14H2,1-3H3,(H,27,29)(H,28,31)/t17-/m1/s1. The van der Waals surface area contributed by atoms with Gasteiger partial charge in [0.1, 0.15) is 11.5 Å². The molecule has 0 spiro atoms. The van der Waals surface area contributed by atoms with Crippen LogP contribution in [0.3, 0.4) is 0 Å². The van der Waals surface area contributed by atoms with Gasteiger partial charge in [0.2, 0.25) is 15.9 Å². The van der Waals surface area contributed by atoms with Crippen molar-refractivity contribution in [2.24, 2.45) is 5.92 Å². The lowest BCUT2D eigenvalue weighted by Gasteiger charge is -2.31. The van der Waals surface area contributed by atoms with Crippen molar-refractivity contribution in [1.29, 1.82) is 0 Å². The summed E-state index contributed by atoms with van der Waals surface area (Å²) in [5.41, 5.74) is 2.10. The van der Waals surface area contributed by atoms with Crippen LogP contribution in [0.25, 0.3) is 11.3 Å². The van der Waals surface area contributed by atoms with Gasteiger partial charge in [0, 0.05) is 31.1 Å². The quantitative estimate of drug-likeness (QED) is 0.378. The fourth-order valence-corrected chi connectivity index (χ4v) is 6.69. The highest BCUT2D eigenvalue weighted by molar-refractivity contribution is 7.89. The molecule has 1 amide bonds. The number of rotatable bonds is 9. The molecule has 0 saturated carbocycles. The lowest BCUT2D eigenvalue weighted by Crippen LogP contribution is -2.43. The van der Waals surface area contributed by atoms with Gasteiger partial charge in [-0.3, -0.25) is 4.79 Å². The number of nitrogens with one attached hydrogen (secondary N) is 2. The first-order valence-corrected chi connectivity index (χ1v) is 14.5. The molecule has 2 aromatic carbocycles. The lowest BCUT2D eigenvalue weighted by atomic mass is 9.98. The fourth-order valence-electron chi connectivity index (χ4n) is 4.16. The zero-order valence-electron chi connectivity index (χ0n) is 20.8. The third-order valence-corrected chi connectivity index (χ3v) is 9.08.